The molecule has 12 heavy (non-hydrogen) atoms. The first-order chi connectivity index (χ1) is 5.91. The lowest BCUT2D eigenvalue weighted by molar-refractivity contribution is 0.127. The molecule has 0 aromatic carbocycles. The van der Waals surface area contributed by atoms with Crippen molar-refractivity contribution in [2.75, 3.05) is 13.2 Å². The summed E-state index contributed by atoms with van der Waals surface area (Å²) in [5.41, 5.74) is 0. The molecule has 0 fully saturated rings. The molecule has 0 saturated heterocycles. The molecule has 0 aromatic rings. The molecule has 1 heteroatoms. The molecule has 0 aliphatic rings. The van der Waals surface area contributed by atoms with E-state index in [4.69, 9.17) is 4.74 Å². The third kappa shape index (κ3) is 16.4. The Morgan fingerprint density at radius 1 is 0.833 bits per heavy atom. The third-order valence-corrected chi connectivity index (χ3v) is 1.53. The Balaban J connectivity index is 0. The van der Waals surface area contributed by atoms with Crippen molar-refractivity contribution in [2.45, 2.75) is 46.0 Å². The van der Waals surface area contributed by atoms with Gasteiger partial charge < -0.3 is 4.74 Å². The van der Waals surface area contributed by atoms with Gasteiger partial charge in [0.2, 0.25) is 0 Å². The predicted molar refractivity (Wildman–Crippen MR) is 56.5 cm³/mol. The fourth-order valence-electron chi connectivity index (χ4n) is 0.803. The molecule has 0 heterocycles. The van der Waals surface area contributed by atoms with E-state index in [1.807, 2.05) is 0 Å². The fourth-order valence-corrected chi connectivity index (χ4v) is 0.803. The largest absolute Gasteiger partial charge is 0.381 e. The molecule has 0 bridgehead atoms. The van der Waals surface area contributed by atoms with Crippen molar-refractivity contribution in [3.8, 4) is 0 Å². The first-order valence-corrected chi connectivity index (χ1v) is 4.99. The number of ether oxygens (including phenoxy) is 1. The Hall–Kier alpha value is -0.300. The number of unbranched alkanes of at least 4 members (excludes halogenated alkanes) is 3. The van der Waals surface area contributed by atoms with Crippen LogP contribution in [0.1, 0.15) is 46.0 Å². The van der Waals surface area contributed by atoms with Gasteiger partial charge in [0.1, 0.15) is 0 Å². The summed E-state index contributed by atoms with van der Waals surface area (Å²) in [7, 11) is 0. The second-order valence-electron chi connectivity index (χ2n) is 2.67. The molecule has 0 spiro atoms. The lowest BCUT2D eigenvalue weighted by atomic mass is 10.3. The van der Waals surface area contributed by atoms with Crippen molar-refractivity contribution in [1.29, 1.82) is 0 Å². The van der Waals surface area contributed by atoms with Gasteiger partial charge in [-0.05, 0) is 12.8 Å². The summed E-state index contributed by atoms with van der Waals surface area (Å²) in [4.78, 5) is 0. The molecule has 74 valence electrons. The van der Waals surface area contributed by atoms with E-state index in [-0.39, 0.29) is 0 Å². The minimum atomic E-state index is 0.959. The molecule has 0 aromatic heterocycles. The van der Waals surface area contributed by atoms with Gasteiger partial charge >= 0.3 is 0 Å². The Bertz CT molecular complexity index is 54.0. The standard InChI is InChI=1S/C9H20O.C2H4/c1-3-5-7-9-10-8-6-4-2;1-2/h3-9H2,1-2H3;1-2H2. The van der Waals surface area contributed by atoms with Crippen LogP contribution in [0.2, 0.25) is 0 Å². The molecular formula is C11H24O. The van der Waals surface area contributed by atoms with Crippen LogP contribution in [-0.2, 0) is 4.74 Å². The molecule has 0 aliphatic carbocycles. The second kappa shape index (κ2) is 17.0. The van der Waals surface area contributed by atoms with Crippen LogP contribution in [0.5, 0.6) is 0 Å². The van der Waals surface area contributed by atoms with Gasteiger partial charge in [0.25, 0.3) is 0 Å². The van der Waals surface area contributed by atoms with Crippen molar-refractivity contribution in [2.24, 2.45) is 0 Å². The zero-order valence-electron chi connectivity index (χ0n) is 8.77. The molecule has 0 unspecified atom stereocenters. The van der Waals surface area contributed by atoms with Crippen LogP contribution >= 0.6 is 0 Å². The van der Waals surface area contributed by atoms with Gasteiger partial charge in [-0.3, -0.25) is 0 Å². The van der Waals surface area contributed by atoms with E-state index in [1.165, 1.54) is 32.1 Å². The summed E-state index contributed by atoms with van der Waals surface area (Å²) in [6, 6.07) is 0. The van der Waals surface area contributed by atoms with Crippen LogP contribution in [-0.4, -0.2) is 13.2 Å². The lowest BCUT2D eigenvalue weighted by Crippen LogP contribution is -1.95. The second-order valence-corrected chi connectivity index (χ2v) is 2.67. The van der Waals surface area contributed by atoms with E-state index >= 15 is 0 Å². The van der Waals surface area contributed by atoms with Crippen molar-refractivity contribution >= 4 is 0 Å². The highest BCUT2D eigenvalue weighted by molar-refractivity contribution is 4.36. The summed E-state index contributed by atoms with van der Waals surface area (Å²) < 4.78 is 5.38. The summed E-state index contributed by atoms with van der Waals surface area (Å²) in [5, 5.41) is 0. The van der Waals surface area contributed by atoms with E-state index in [9.17, 15) is 0 Å². The molecule has 0 atom stereocenters. The highest BCUT2D eigenvalue weighted by atomic mass is 16.5. The summed E-state index contributed by atoms with van der Waals surface area (Å²) in [6.45, 7) is 12.3. The smallest absolute Gasteiger partial charge is 0.0466 e. The van der Waals surface area contributed by atoms with E-state index < -0.39 is 0 Å². The maximum absolute atomic E-state index is 5.38. The molecule has 1 nitrogen and oxygen atoms in total. The average Bonchev–Trinajstić information content (AvgIpc) is 2.15. The highest BCUT2D eigenvalue weighted by Gasteiger charge is 1.86. The summed E-state index contributed by atoms with van der Waals surface area (Å²) in [5.74, 6) is 0. The minimum absolute atomic E-state index is 0.959. The van der Waals surface area contributed by atoms with Crippen LogP contribution in [0.3, 0.4) is 0 Å². The van der Waals surface area contributed by atoms with E-state index in [0.29, 0.717) is 0 Å². The van der Waals surface area contributed by atoms with Crippen molar-refractivity contribution in [3.63, 3.8) is 0 Å². The van der Waals surface area contributed by atoms with Gasteiger partial charge in [-0.2, -0.15) is 0 Å². The van der Waals surface area contributed by atoms with E-state index in [1.54, 1.807) is 0 Å². The van der Waals surface area contributed by atoms with Gasteiger partial charge in [-0.1, -0.05) is 33.1 Å². The number of hydrogen-bond donors (Lipinski definition) is 0. The summed E-state index contributed by atoms with van der Waals surface area (Å²) in [6.07, 6.45) is 6.30. The SMILES string of the molecule is C=C.CCCCCOCCCC. The quantitative estimate of drug-likeness (QED) is 0.419. The van der Waals surface area contributed by atoms with Gasteiger partial charge in [0, 0.05) is 13.2 Å². The first-order valence-electron chi connectivity index (χ1n) is 4.99. The Morgan fingerprint density at radius 2 is 1.33 bits per heavy atom. The Morgan fingerprint density at radius 3 is 1.83 bits per heavy atom. The molecule has 0 aliphatic heterocycles. The molecule has 0 radical (unpaired) electrons. The van der Waals surface area contributed by atoms with Crippen LogP contribution in [0.4, 0.5) is 0 Å². The lowest BCUT2D eigenvalue weighted by Gasteiger charge is -2.00. The van der Waals surface area contributed by atoms with Crippen LogP contribution < -0.4 is 0 Å². The monoisotopic (exact) mass is 172 g/mol. The van der Waals surface area contributed by atoms with Gasteiger partial charge in [-0.25, -0.2) is 0 Å². The van der Waals surface area contributed by atoms with Gasteiger partial charge in [-0.15, -0.1) is 13.2 Å². The first kappa shape index (κ1) is 14.2. The normalized spacial score (nSPS) is 8.83. The topological polar surface area (TPSA) is 9.23 Å². The summed E-state index contributed by atoms with van der Waals surface area (Å²) >= 11 is 0. The van der Waals surface area contributed by atoms with Gasteiger partial charge in [0.05, 0.1) is 0 Å². The van der Waals surface area contributed by atoms with E-state index in [0.717, 1.165) is 13.2 Å². The van der Waals surface area contributed by atoms with Gasteiger partial charge in [0.15, 0.2) is 0 Å². The van der Waals surface area contributed by atoms with Crippen molar-refractivity contribution < 1.29 is 4.74 Å². The van der Waals surface area contributed by atoms with Crippen molar-refractivity contribution in [3.05, 3.63) is 13.2 Å². The Kier molecular flexibility index (Phi) is 20.1. The number of hydrogen-bond acceptors (Lipinski definition) is 1. The van der Waals surface area contributed by atoms with E-state index in [2.05, 4.69) is 27.0 Å². The average molecular weight is 172 g/mol. The van der Waals surface area contributed by atoms with Crippen LogP contribution in [0, 0.1) is 0 Å². The zero-order chi connectivity index (χ0) is 9.66. The zero-order valence-corrected chi connectivity index (χ0v) is 8.77. The molecule has 0 N–H and O–H groups in total. The predicted octanol–water partition coefficient (Wildman–Crippen LogP) is 3.80. The van der Waals surface area contributed by atoms with Crippen LogP contribution in [0.15, 0.2) is 13.2 Å². The molecule has 0 saturated carbocycles. The highest BCUT2D eigenvalue weighted by Crippen LogP contribution is 1.95. The van der Waals surface area contributed by atoms with Crippen LogP contribution in [0.25, 0.3) is 0 Å². The maximum Gasteiger partial charge on any atom is 0.0466 e. The molecule has 0 amide bonds. The molecule has 0 rings (SSSR count). The Labute approximate surface area is 77.8 Å². The maximum atomic E-state index is 5.38. The fraction of sp³-hybridized carbons (Fsp3) is 0.818. The molecular weight excluding hydrogens is 148 g/mol. The third-order valence-electron chi connectivity index (χ3n) is 1.53. The van der Waals surface area contributed by atoms with Crippen molar-refractivity contribution in [1.82, 2.24) is 0 Å². The number of rotatable bonds is 7. The minimum Gasteiger partial charge on any atom is -0.381 e.